The van der Waals surface area contributed by atoms with Crippen molar-refractivity contribution in [1.82, 2.24) is 19.2 Å². The topological polar surface area (TPSA) is 85.5 Å². The van der Waals surface area contributed by atoms with Gasteiger partial charge >= 0.3 is 6.03 Å². The standard InChI is InChI=1S/C20H20N6O2/c1-14-6-7-18(28-2)17(9-14)24-20(27)23-15-10-21-26(12-15)13-16-11-25-8-4-3-5-19(25)22-16/h3-12H,13H2,1-2H3,(H2,23,24,27). The lowest BCUT2D eigenvalue weighted by Crippen LogP contribution is -2.19. The SMILES string of the molecule is COc1ccc(C)cc1NC(=O)Nc1cnn(Cc2cn3ccccc3n2)c1. The minimum Gasteiger partial charge on any atom is -0.495 e. The summed E-state index contributed by atoms with van der Waals surface area (Å²) in [7, 11) is 1.57. The summed E-state index contributed by atoms with van der Waals surface area (Å²) in [4.78, 5) is 16.9. The average Bonchev–Trinajstić information content (AvgIpc) is 3.28. The molecule has 0 atom stereocenters. The second-order valence-electron chi connectivity index (χ2n) is 6.41. The average molecular weight is 376 g/mol. The second-order valence-corrected chi connectivity index (χ2v) is 6.41. The van der Waals surface area contributed by atoms with E-state index in [0.29, 0.717) is 23.7 Å². The van der Waals surface area contributed by atoms with Gasteiger partial charge in [0.25, 0.3) is 0 Å². The van der Waals surface area contributed by atoms with Crippen LogP contribution in [0.25, 0.3) is 5.65 Å². The van der Waals surface area contributed by atoms with E-state index in [1.165, 1.54) is 0 Å². The highest BCUT2D eigenvalue weighted by atomic mass is 16.5. The zero-order valence-electron chi connectivity index (χ0n) is 15.6. The number of benzene rings is 1. The Labute approximate surface area is 161 Å². The van der Waals surface area contributed by atoms with Crippen molar-refractivity contribution in [3.05, 3.63) is 72.4 Å². The van der Waals surface area contributed by atoms with Gasteiger partial charge in [-0.3, -0.25) is 4.68 Å². The molecule has 3 heterocycles. The molecule has 0 fully saturated rings. The van der Waals surface area contributed by atoms with Crippen molar-refractivity contribution in [2.75, 3.05) is 17.7 Å². The highest BCUT2D eigenvalue weighted by Gasteiger charge is 2.10. The van der Waals surface area contributed by atoms with E-state index in [-0.39, 0.29) is 6.03 Å². The molecule has 0 aliphatic heterocycles. The molecule has 1 aromatic carbocycles. The van der Waals surface area contributed by atoms with Gasteiger partial charge in [-0.1, -0.05) is 12.1 Å². The van der Waals surface area contributed by atoms with Crippen LogP contribution < -0.4 is 15.4 Å². The number of methoxy groups -OCH3 is 1. The van der Waals surface area contributed by atoms with Gasteiger partial charge in [-0.2, -0.15) is 5.10 Å². The lowest BCUT2D eigenvalue weighted by atomic mass is 10.2. The lowest BCUT2D eigenvalue weighted by Gasteiger charge is -2.11. The van der Waals surface area contributed by atoms with Gasteiger partial charge in [0, 0.05) is 18.6 Å². The van der Waals surface area contributed by atoms with Gasteiger partial charge in [-0.05, 0) is 36.8 Å². The number of nitrogens with one attached hydrogen (secondary N) is 2. The summed E-state index contributed by atoms with van der Waals surface area (Å²) < 4.78 is 8.96. The van der Waals surface area contributed by atoms with Crippen LogP contribution in [0.15, 0.2) is 61.2 Å². The highest BCUT2D eigenvalue weighted by molar-refractivity contribution is 6.00. The van der Waals surface area contributed by atoms with E-state index in [1.54, 1.807) is 24.2 Å². The lowest BCUT2D eigenvalue weighted by molar-refractivity contribution is 0.262. The molecular weight excluding hydrogens is 356 g/mol. The summed E-state index contributed by atoms with van der Waals surface area (Å²) in [6.45, 7) is 2.46. The fourth-order valence-corrected chi connectivity index (χ4v) is 2.95. The van der Waals surface area contributed by atoms with Crippen LogP contribution in [-0.4, -0.2) is 32.3 Å². The quantitative estimate of drug-likeness (QED) is 0.558. The zero-order chi connectivity index (χ0) is 19.5. The minimum absolute atomic E-state index is 0.365. The Morgan fingerprint density at radius 2 is 2.07 bits per heavy atom. The summed E-state index contributed by atoms with van der Waals surface area (Å²) in [6.07, 6.45) is 7.27. The smallest absolute Gasteiger partial charge is 0.323 e. The summed E-state index contributed by atoms with van der Waals surface area (Å²) >= 11 is 0. The molecule has 0 saturated carbocycles. The minimum atomic E-state index is -0.365. The molecule has 0 radical (unpaired) electrons. The number of urea groups is 1. The van der Waals surface area contributed by atoms with E-state index >= 15 is 0 Å². The Morgan fingerprint density at radius 1 is 1.18 bits per heavy atom. The highest BCUT2D eigenvalue weighted by Crippen LogP contribution is 2.25. The molecule has 2 N–H and O–H groups in total. The molecule has 0 spiro atoms. The number of hydrogen-bond donors (Lipinski definition) is 2. The molecule has 0 bridgehead atoms. The first-order chi connectivity index (χ1) is 13.6. The largest absolute Gasteiger partial charge is 0.495 e. The van der Waals surface area contributed by atoms with Gasteiger partial charge in [0.05, 0.1) is 36.9 Å². The van der Waals surface area contributed by atoms with E-state index in [1.807, 2.05) is 60.1 Å². The van der Waals surface area contributed by atoms with Crippen LogP contribution in [0.1, 0.15) is 11.3 Å². The number of pyridine rings is 1. The van der Waals surface area contributed by atoms with E-state index in [2.05, 4.69) is 20.7 Å². The Bertz CT molecular complexity index is 1100. The van der Waals surface area contributed by atoms with Gasteiger partial charge in [-0.25, -0.2) is 9.78 Å². The van der Waals surface area contributed by atoms with Crippen LogP contribution >= 0.6 is 0 Å². The van der Waals surface area contributed by atoms with Crippen molar-refractivity contribution >= 4 is 23.1 Å². The van der Waals surface area contributed by atoms with Crippen LogP contribution in [0, 0.1) is 6.92 Å². The molecule has 0 saturated heterocycles. The van der Waals surface area contributed by atoms with Gasteiger partial charge in [0.15, 0.2) is 0 Å². The number of rotatable bonds is 5. The van der Waals surface area contributed by atoms with E-state index in [4.69, 9.17) is 4.74 Å². The summed E-state index contributed by atoms with van der Waals surface area (Å²) in [6, 6.07) is 11.1. The fraction of sp³-hybridized carbons (Fsp3) is 0.150. The number of carbonyl (C=O) groups is 1. The van der Waals surface area contributed by atoms with Crippen LogP contribution in [0.5, 0.6) is 5.75 Å². The first-order valence-corrected chi connectivity index (χ1v) is 8.78. The predicted molar refractivity (Wildman–Crippen MR) is 107 cm³/mol. The molecule has 8 nitrogen and oxygen atoms in total. The maximum absolute atomic E-state index is 12.3. The van der Waals surface area contributed by atoms with Gasteiger partial charge in [0.1, 0.15) is 11.4 Å². The Morgan fingerprint density at radius 3 is 2.89 bits per heavy atom. The third-order valence-corrected chi connectivity index (χ3v) is 4.23. The third kappa shape index (κ3) is 3.80. The number of aryl methyl sites for hydroxylation is 1. The van der Waals surface area contributed by atoms with Crippen molar-refractivity contribution < 1.29 is 9.53 Å². The number of aromatic nitrogens is 4. The van der Waals surface area contributed by atoms with Crippen LogP contribution in [0.4, 0.5) is 16.2 Å². The molecule has 0 unspecified atom stereocenters. The number of amides is 2. The number of nitrogens with zero attached hydrogens (tertiary/aromatic N) is 4. The van der Waals surface area contributed by atoms with Crippen molar-refractivity contribution in [3.63, 3.8) is 0 Å². The van der Waals surface area contributed by atoms with Crippen LogP contribution in [0.2, 0.25) is 0 Å². The Kier molecular flexibility index (Phi) is 4.67. The second kappa shape index (κ2) is 7.43. The summed E-state index contributed by atoms with van der Waals surface area (Å²) in [5.74, 6) is 0.600. The molecule has 4 aromatic rings. The van der Waals surface area contributed by atoms with Gasteiger partial charge in [-0.15, -0.1) is 0 Å². The first kappa shape index (κ1) is 17.6. The number of imidazole rings is 1. The van der Waals surface area contributed by atoms with Crippen LogP contribution in [0.3, 0.4) is 0 Å². The number of anilines is 2. The van der Waals surface area contributed by atoms with Crippen molar-refractivity contribution in [1.29, 1.82) is 0 Å². The molecule has 3 aromatic heterocycles. The molecule has 28 heavy (non-hydrogen) atoms. The molecular formula is C20H20N6O2. The molecule has 2 amide bonds. The maximum atomic E-state index is 12.3. The number of fused-ring (bicyclic) bond motifs is 1. The number of ether oxygens (including phenoxy) is 1. The van der Waals surface area contributed by atoms with E-state index in [0.717, 1.165) is 16.9 Å². The zero-order valence-corrected chi connectivity index (χ0v) is 15.6. The molecule has 8 heteroatoms. The normalized spacial score (nSPS) is 10.8. The Balaban J connectivity index is 1.41. The van der Waals surface area contributed by atoms with Crippen molar-refractivity contribution in [2.45, 2.75) is 13.5 Å². The number of hydrogen-bond acceptors (Lipinski definition) is 4. The monoisotopic (exact) mass is 376 g/mol. The Hall–Kier alpha value is -3.81. The maximum Gasteiger partial charge on any atom is 0.323 e. The summed E-state index contributed by atoms with van der Waals surface area (Å²) in [5.41, 5.74) is 3.99. The summed E-state index contributed by atoms with van der Waals surface area (Å²) in [5, 5.41) is 9.87. The molecule has 142 valence electrons. The van der Waals surface area contributed by atoms with Gasteiger partial charge < -0.3 is 19.8 Å². The van der Waals surface area contributed by atoms with Crippen molar-refractivity contribution in [3.8, 4) is 5.75 Å². The molecule has 0 aliphatic rings. The van der Waals surface area contributed by atoms with Gasteiger partial charge in [0.2, 0.25) is 0 Å². The molecule has 4 rings (SSSR count). The van der Waals surface area contributed by atoms with E-state index in [9.17, 15) is 4.79 Å². The molecule has 0 aliphatic carbocycles. The first-order valence-electron chi connectivity index (χ1n) is 8.78. The van der Waals surface area contributed by atoms with Crippen LogP contribution in [-0.2, 0) is 6.54 Å². The third-order valence-electron chi connectivity index (χ3n) is 4.23. The van der Waals surface area contributed by atoms with E-state index < -0.39 is 0 Å². The van der Waals surface area contributed by atoms with Crippen molar-refractivity contribution in [2.24, 2.45) is 0 Å². The predicted octanol–water partition coefficient (Wildman–Crippen LogP) is 3.54. The fourth-order valence-electron chi connectivity index (χ4n) is 2.95. The number of carbonyl (C=O) groups excluding carboxylic acids is 1.